The molecule has 0 spiro atoms. The van der Waals surface area contributed by atoms with Crippen LogP contribution in [-0.2, 0) is 0 Å². The number of likely N-dealkylation sites (tertiary alicyclic amines) is 1. The van der Waals surface area contributed by atoms with Gasteiger partial charge in [0.25, 0.3) is 11.8 Å². The highest BCUT2D eigenvalue weighted by molar-refractivity contribution is 6.21. The highest BCUT2D eigenvalue weighted by atomic mass is 16.5. The zero-order valence-corrected chi connectivity index (χ0v) is 23.5. The van der Waals surface area contributed by atoms with E-state index in [1.807, 2.05) is 42.5 Å². The maximum atomic E-state index is 12.7. The van der Waals surface area contributed by atoms with Gasteiger partial charge in [-0.15, -0.1) is 0 Å². The average Bonchev–Trinajstić information content (AvgIpc) is 3.26. The van der Waals surface area contributed by atoms with E-state index in [1.54, 1.807) is 19.2 Å². The van der Waals surface area contributed by atoms with E-state index in [0.29, 0.717) is 23.7 Å². The number of benzene rings is 3. The number of pyridine rings is 1. The maximum absolute atomic E-state index is 12.7. The van der Waals surface area contributed by atoms with Crippen molar-refractivity contribution in [3.8, 4) is 17.0 Å². The SMILES string of the molecule is COc1ccc(-c2cc(NCCC3CCCCN3CCCN3C(=O)c4ccccc4C3=O)c3ccccc3n2)cc1. The molecule has 0 aliphatic carbocycles. The fraction of sp³-hybridized carbons (Fsp3) is 0.324. The van der Waals surface area contributed by atoms with Crippen molar-refractivity contribution in [2.24, 2.45) is 0 Å². The maximum Gasteiger partial charge on any atom is 0.261 e. The number of methoxy groups -OCH3 is 1. The number of nitrogens with zero attached hydrogens (tertiary/aromatic N) is 3. The molecule has 6 rings (SSSR count). The quantitative estimate of drug-likeness (QED) is 0.236. The first kappa shape index (κ1) is 27.0. The van der Waals surface area contributed by atoms with Crippen molar-refractivity contribution < 1.29 is 14.3 Å². The molecule has 2 amide bonds. The Labute approximate surface area is 241 Å². The molecule has 7 nitrogen and oxygen atoms in total. The number of nitrogens with one attached hydrogen (secondary N) is 1. The number of para-hydroxylation sites is 1. The van der Waals surface area contributed by atoms with E-state index in [2.05, 4.69) is 34.5 Å². The highest BCUT2D eigenvalue weighted by Crippen LogP contribution is 2.30. The molecule has 1 atom stereocenters. The highest BCUT2D eigenvalue weighted by Gasteiger charge is 2.34. The summed E-state index contributed by atoms with van der Waals surface area (Å²) < 4.78 is 5.32. The molecule has 4 aromatic rings. The van der Waals surface area contributed by atoms with Crippen molar-refractivity contribution in [1.82, 2.24) is 14.8 Å². The lowest BCUT2D eigenvalue weighted by Gasteiger charge is -2.36. The second-order valence-electron chi connectivity index (χ2n) is 10.9. The van der Waals surface area contributed by atoms with E-state index in [9.17, 15) is 9.59 Å². The van der Waals surface area contributed by atoms with Gasteiger partial charge in [0.15, 0.2) is 0 Å². The normalized spacial score (nSPS) is 17.2. The second kappa shape index (κ2) is 12.1. The Morgan fingerprint density at radius 3 is 2.39 bits per heavy atom. The number of ether oxygens (including phenoxy) is 1. The Bertz CT molecular complexity index is 1520. The van der Waals surface area contributed by atoms with Crippen molar-refractivity contribution >= 4 is 28.4 Å². The van der Waals surface area contributed by atoms with Gasteiger partial charge in [0, 0.05) is 42.3 Å². The van der Waals surface area contributed by atoms with E-state index < -0.39 is 0 Å². The molecule has 1 aromatic heterocycles. The lowest BCUT2D eigenvalue weighted by molar-refractivity contribution is 0.0638. The first-order valence-corrected chi connectivity index (χ1v) is 14.6. The molecular formula is C34H36N4O3. The molecule has 41 heavy (non-hydrogen) atoms. The number of fused-ring (bicyclic) bond motifs is 2. The summed E-state index contributed by atoms with van der Waals surface area (Å²) in [5.41, 5.74) is 5.10. The van der Waals surface area contributed by atoms with Crippen molar-refractivity contribution in [3.05, 3.63) is 90.0 Å². The van der Waals surface area contributed by atoms with Gasteiger partial charge in [0.1, 0.15) is 5.75 Å². The summed E-state index contributed by atoms with van der Waals surface area (Å²) in [5, 5.41) is 4.84. The summed E-state index contributed by atoms with van der Waals surface area (Å²) >= 11 is 0. The Hall–Kier alpha value is -4.23. The fourth-order valence-corrected chi connectivity index (χ4v) is 6.16. The van der Waals surface area contributed by atoms with Gasteiger partial charge in [-0.25, -0.2) is 4.98 Å². The predicted molar refractivity (Wildman–Crippen MR) is 162 cm³/mol. The number of carbonyl (C=O) groups excluding carboxylic acids is 2. The summed E-state index contributed by atoms with van der Waals surface area (Å²) in [6.07, 6.45) is 5.41. The van der Waals surface area contributed by atoms with Crippen LogP contribution in [0, 0.1) is 0 Å². The van der Waals surface area contributed by atoms with E-state index in [4.69, 9.17) is 9.72 Å². The van der Waals surface area contributed by atoms with Crippen LogP contribution in [0.25, 0.3) is 22.2 Å². The lowest BCUT2D eigenvalue weighted by atomic mass is 9.99. The Kier molecular flexibility index (Phi) is 7.96. The molecule has 2 aliphatic heterocycles. The molecule has 0 saturated carbocycles. The molecular weight excluding hydrogens is 512 g/mol. The zero-order chi connectivity index (χ0) is 28.2. The average molecular weight is 549 g/mol. The third kappa shape index (κ3) is 5.68. The van der Waals surface area contributed by atoms with Crippen LogP contribution < -0.4 is 10.1 Å². The minimum atomic E-state index is -0.163. The number of hydrogen-bond acceptors (Lipinski definition) is 6. The van der Waals surface area contributed by atoms with Crippen LogP contribution >= 0.6 is 0 Å². The van der Waals surface area contributed by atoms with Crippen LogP contribution in [0.2, 0.25) is 0 Å². The van der Waals surface area contributed by atoms with Crippen molar-refractivity contribution in [2.75, 3.05) is 38.6 Å². The van der Waals surface area contributed by atoms with E-state index in [1.165, 1.54) is 24.2 Å². The minimum Gasteiger partial charge on any atom is -0.497 e. The van der Waals surface area contributed by atoms with Gasteiger partial charge in [-0.2, -0.15) is 0 Å². The number of rotatable bonds is 10. The van der Waals surface area contributed by atoms with Gasteiger partial charge >= 0.3 is 0 Å². The first-order chi connectivity index (χ1) is 20.1. The molecule has 2 aliphatic rings. The van der Waals surface area contributed by atoms with E-state index in [0.717, 1.165) is 66.1 Å². The molecule has 1 N–H and O–H groups in total. The number of hydrogen-bond donors (Lipinski definition) is 1. The first-order valence-electron chi connectivity index (χ1n) is 14.6. The third-order valence-corrected chi connectivity index (χ3v) is 8.35. The van der Waals surface area contributed by atoms with Crippen molar-refractivity contribution in [3.63, 3.8) is 0 Å². The minimum absolute atomic E-state index is 0.163. The van der Waals surface area contributed by atoms with Crippen LogP contribution in [0.3, 0.4) is 0 Å². The molecule has 0 radical (unpaired) electrons. The molecule has 0 bridgehead atoms. The molecule has 1 unspecified atom stereocenters. The Balaban J connectivity index is 1.08. The molecule has 3 aromatic carbocycles. The van der Waals surface area contributed by atoms with Crippen LogP contribution in [0.5, 0.6) is 5.75 Å². The fourth-order valence-electron chi connectivity index (χ4n) is 6.16. The van der Waals surface area contributed by atoms with Gasteiger partial charge in [-0.1, -0.05) is 36.8 Å². The van der Waals surface area contributed by atoms with Gasteiger partial charge in [0.05, 0.1) is 29.4 Å². The zero-order valence-electron chi connectivity index (χ0n) is 23.5. The summed E-state index contributed by atoms with van der Waals surface area (Å²) in [4.78, 5) is 34.4. The Morgan fingerprint density at radius 2 is 1.63 bits per heavy atom. The lowest BCUT2D eigenvalue weighted by Crippen LogP contribution is -2.42. The van der Waals surface area contributed by atoms with Gasteiger partial charge in [0.2, 0.25) is 0 Å². The number of carbonyl (C=O) groups is 2. The number of imide groups is 1. The number of aromatic nitrogens is 1. The largest absolute Gasteiger partial charge is 0.497 e. The topological polar surface area (TPSA) is 74.8 Å². The van der Waals surface area contributed by atoms with Gasteiger partial charge in [-0.3, -0.25) is 14.5 Å². The number of anilines is 1. The Morgan fingerprint density at radius 1 is 0.902 bits per heavy atom. The molecule has 210 valence electrons. The molecule has 3 heterocycles. The second-order valence-corrected chi connectivity index (χ2v) is 10.9. The monoisotopic (exact) mass is 548 g/mol. The smallest absolute Gasteiger partial charge is 0.261 e. The number of piperidine rings is 1. The standard InChI is InChI=1S/C34H36N4O3/c1-41-26-16-14-24(15-17-26)31-23-32(29-12-4-5-13-30(29)36-31)35-19-18-25-9-6-7-20-37(25)21-8-22-38-33(39)27-10-2-3-11-28(27)34(38)40/h2-5,10-17,23,25H,6-9,18-22H2,1H3,(H,35,36). The molecule has 7 heteroatoms. The third-order valence-electron chi connectivity index (χ3n) is 8.35. The van der Waals surface area contributed by atoms with Crippen LogP contribution in [0.1, 0.15) is 52.8 Å². The van der Waals surface area contributed by atoms with Crippen LogP contribution in [0.4, 0.5) is 5.69 Å². The van der Waals surface area contributed by atoms with Crippen molar-refractivity contribution in [1.29, 1.82) is 0 Å². The summed E-state index contributed by atoms with van der Waals surface area (Å²) in [7, 11) is 1.67. The number of amides is 2. The van der Waals surface area contributed by atoms with Crippen LogP contribution in [0.15, 0.2) is 78.9 Å². The van der Waals surface area contributed by atoms with Gasteiger partial charge < -0.3 is 15.0 Å². The van der Waals surface area contributed by atoms with E-state index >= 15 is 0 Å². The van der Waals surface area contributed by atoms with E-state index in [-0.39, 0.29) is 11.8 Å². The summed E-state index contributed by atoms with van der Waals surface area (Å²) in [5.74, 6) is 0.501. The van der Waals surface area contributed by atoms with Gasteiger partial charge in [-0.05, 0) is 80.8 Å². The molecule has 1 fully saturated rings. The summed E-state index contributed by atoms with van der Waals surface area (Å²) in [6.45, 7) is 3.27. The van der Waals surface area contributed by atoms with Crippen molar-refractivity contribution in [2.45, 2.75) is 38.1 Å². The predicted octanol–water partition coefficient (Wildman–Crippen LogP) is 6.25. The van der Waals surface area contributed by atoms with Crippen LogP contribution in [-0.4, -0.2) is 65.9 Å². The molecule has 1 saturated heterocycles. The summed E-state index contributed by atoms with van der Waals surface area (Å²) in [6, 6.07) is 26.0.